The quantitative estimate of drug-likeness (QED) is 0.848. The molecule has 1 aliphatic carbocycles. The van der Waals surface area contributed by atoms with E-state index in [0.717, 1.165) is 12.5 Å². The zero-order chi connectivity index (χ0) is 11.5. The highest BCUT2D eigenvalue weighted by molar-refractivity contribution is 7.11. The van der Waals surface area contributed by atoms with Crippen molar-refractivity contribution in [2.75, 3.05) is 6.54 Å². The van der Waals surface area contributed by atoms with Gasteiger partial charge in [0.2, 0.25) is 0 Å². The molecule has 2 rings (SSSR count). The summed E-state index contributed by atoms with van der Waals surface area (Å²) >= 11 is 1.88. The van der Waals surface area contributed by atoms with E-state index < -0.39 is 0 Å². The van der Waals surface area contributed by atoms with Gasteiger partial charge in [-0.3, -0.25) is 0 Å². The number of hydrogen-bond acceptors (Lipinski definition) is 3. The van der Waals surface area contributed by atoms with Crippen LogP contribution in [0.1, 0.15) is 54.2 Å². The lowest BCUT2D eigenvalue weighted by molar-refractivity contribution is 0.230. The summed E-state index contributed by atoms with van der Waals surface area (Å²) in [5, 5.41) is 4.99. The molecule has 1 fully saturated rings. The van der Waals surface area contributed by atoms with Gasteiger partial charge in [-0.05, 0) is 45.6 Å². The Balaban J connectivity index is 2.10. The van der Waals surface area contributed by atoms with Gasteiger partial charge >= 0.3 is 0 Å². The zero-order valence-corrected chi connectivity index (χ0v) is 11.4. The van der Waals surface area contributed by atoms with Gasteiger partial charge in [-0.25, -0.2) is 4.98 Å². The molecular weight excluding hydrogens is 216 g/mol. The number of hydrogen-bond donors (Lipinski definition) is 1. The summed E-state index contributed by atoms with van der Waals surface area (Å²) in [5.74, 6) is 0.830. The van der Waals surface area contributed by atoms with Crippen molar-refractivity contribution >= 4 is 11.3 Å². The van der Waals surface area contributed by atoms with E-state index in [1.165, 1.54) is 41.3 Å². The van der Waals surface area contributed by atoms with E-state index in [2.05, 4.69) is 26.1 Å². The smallest absolute Gasteiger partial charge is 0.110 e. The number of aromatic nitrogens is 1. The minimum absolute atomic E-state index is 0.520. The first kappa shape index (κ1) is 12.1. The fourth-order valence-electron chi connectivity index (χ4n) is 2.16. The summed E-state index contributed by atoms with van der Waals surface area (Å²) in [7, 11) is 0. The molecule has 1 saturated carbocycles. The zero-order valence-electron chi connectivity index (χ0n) is 10.5. The van der Waals surface area contributed by atoms with Crippen LogP contribution in [-0.2, 0) is 0 Å². The number of nitrogens with one attached hydrogen (secondary N) is 1. The molecule has 1 N–H and O–H groups in total. The molecule has 0 spiro atoms. The van der Waals surface area contributed by atoms with Crippen molar-refractivity contribution in [1.82, 2.24) is 10.3 Å². The third-order valence-electron chi connectivity index (χ3n) is 3.55. The van der Waals surface area contributed by atoms with Crippen LogP contribution in [-0.4, -0.2) is 11.5 Å². The Hall–Kier alpha value is -0.410. The molecule has 0 aliphatic heterocycles. The van der Waals surface area contributed by atoms with Gasteiger partial charge in [0, 0.05) is 4.88 Å². The van der Waals surface area contributed by atoms with Crippen LogP contribution in [0.5, 0.6) is 0 Å². The molecule has 0 saturated heterocycles. The van der Waals surface area contributed by atoms with E-state index in [1.807, 2.05) is 11.3 Å². The Morgan fingerprint density at radius 3 is 2.62 bits per heavy atom. The van der Waals surface area contributed by atoms with Crippen molar-refractivity contribution in [1.29, 1.82) is 0 Å². The second-order valence-corrected chi connectivity index (χ2v) is 6.05. The molecule has 1 unspecified atom stereocenters. The van der Waals surface area contributed by atoms with Gasteiger partial charge < -0.3 is 5.32 Å². The van der Waals surface area contributed by atoms with Gasteiger partial charge in [0.15, 0.2) is 0 Å². The normalized spacial score (nSPS) is 18.4. The summed E-state index contributed by atoms with van der Waals surface area (Å²) in [6.45, 7) is 7.63. The highest BCUT2D eigenvalue weighted by Gasteiger charge is 2.30. The molecule has 0 aromatic carbocycles. The molecule has 1 aromatic heterocycles. The van der Waals surface area contributed by atoms with Gasteiger partial charge in [0.1, 0.15) is 5.01 Å². The minimum atomic E-state index is 0.520. The molecule has 1 aromatic rings. The first-order valence-electron chi connectivity index (χ1n) is 6.39. The van der Waals surface area contributed by atoms with Crippen molar-refractivity contribution in [3.63, 3.8) is 0 Å². The largest absolute Gasteiger partial charge is 0.308 e. The summed E-state index contributed by atoms with van der Waals surface area (Å²) < 4.78 is 0. The third-order valence-corrected chi connectivity index (χ3v) is 4.70. The molecule has 90 valence electrons. The standard InChI is InChI=1S/C13H22N2S/c1-4-8-14-12(11-6-5-7-11)13-15-9(2)10(3)16-13/h11-12,14H,4-8H2,1-3H3. The average Bonchev–Trinajstić information content (AvgIpc) is 2.50. The van der Waals surface area contributed by atoms with Gasteiger partial charge in [-0.2, -0.15) is 0 Å². The van der Waals surface area contributed by atoms with E-state index in [1.54, 1.807) is 0 Å². The van der Waals surface area contributed by atoms with E-state index in [4.69, 9.17) is 4.98 Å². The summed E-state index contributed by atoms with van der Waals surface area (Å²) in [5.41, 5.74) is 1.21. The van der Waals surface area contributed by atoms with Crippen LogP contribution in [0.15, 0.2) is 0 Å². The number of aryl methyl sites for hydroxylation is 2. The Morgan fingerprint density at radius 2 is 2.19 bits per heavy atom. The highest BCUT2D eigenvalue weighted by atomic mass is 32.1. The Bertz CT molecular complexity index is 322. The second-order valence-electron chi connectivity index (χ2n) is 4.82. The molecule has 1 aliphatic rings. The van der Waals surface area contributed by atoms with Crippen LogP contribution in [0.4, 0.5) is 0 Å². The lowest BCUT2D eigenvalue weighted by Crippen LogP contribution is -2.32. The molecular formula is C13H22N2S. The van der Waals surface area contributed by atoms with Crippen molar-refractivity contribution < 1.29 is 0 Å². The maximum absolute atomic E-state index is 4.72. The van der Waals surface area contributed by atoms with Crippen LogP contribution < -0.4 is 5.32 Å². The molecule has 16 heavy (non-hydrogen) atoms. The van der Waals surface area contributed by atoms with Crippen molar-refractivity contribution in [2.45, 2.75) is 52.5 Å². The second kappa shape index (κ2) is 5.28. The van der Waals surface area contributed by atoms with Gasteiger partial charge in [0.25, 0.3) is 0 Å². The van der Waals surface area contributed by atoms with Crippen LogP contribution in [0.2, 0.25) is 0 Å². The van der Waals surface area contributed by atoms with Gasteiger partial charge in [-0.1, -0.05) is 13.3 Å². The lowest BCUT2D eigenvalue weighted by Gasteiger charge is -2.33. The molecule has 3 heteroatoms. The topological polar surface area (TPSA) is 24.9 Å². The first-order valence-corrected chi connectivity index (χ1v) is 7.21. The average molecular weight is 238 g/mol. The minimum Gasteiger partial charge on any atom is -0.308 e. The van der Waals surface area contributed by atoms with E-state index >= 15 is 0 Å². The maximum Gasteiger partial charge on any atom is 0.110 e. The Morgan fingerprint density at radius 1 is 1.44 bits per heavy atom. The number of thiazole rings is 1. The summed E-state index contributed by atoms with van der Waals surface area (Å²) in [4.78, 5) is 6.10. The predicted octanol–water partition coefficient (Wildman–Crippen LogP) is 3.60. The van der Waals surface area contributed by atoms with Gasteiger partial charge in [-0.15, -0.1) is 11.3 Å². The predicted molar refractivity (Wildman–Crippen MR) is 70.0 cm³/mol. The SMILES string of the molecule is CCCNC(c1nc(C)c(C)s1)C1CCC1. The van der Waals surface area contributed by atoms with E-state index in [9.17, 15) is 0 Å². The highest BCUT2D eigenvalue weighted by Crippen LogP contribution is 2.39. The number of rotatable bonds is 5. The lowest BCUT2D eigenvalue weighted by atomic mass is 9.80. The van der Waals surface area contributed by atoms with Crippen molar-refractivity contribution in [3.05, 3.63) is 15.6 Å². The molecule has 1 heterocycles. The van der Waals surface area contributed by atoms with Crippen LogP contribution in [0, 0.1) is 19.8 Å². The molecule has 1 atom stereocenters. The van der Waals surface area contributed by atoms with Crippen molar-refractivity contribution in [3.8, 4) is 0 Å². The molecule has 0 radical (unpaired) electrons. The van der Waals surface area contributed by atoms with Crippen molar-refractivity contribution in [2.24, 2.45) is 5.92 Å². The van der Waals surface area contributed by atoms with Crippen LogP contribution in [0.25, 0.3) is 0 Å². The van der Waals surface area contributed by atoms with Crippen LogP contribution >= 0.6 is 11.3 Å². The van der Waals surface area contributed by atoms with E-state index in [0.29, 0.717) is 6.04 Å². The summed E-state index contributed by atoms with van der Waals surface area (Å²) in [6.07, 6.45) is 5.35. The Labute approximate surface area is 102 Å². The molecule has 2 nitrogen and oxygen atoms in total. The fraction of sp³-hybridized carbons (Fsp3) is 0.769. The van der Waals surface area contributed by atoms with Gasteiger partial charge in [0.05, 0.1) is 11.7 Å². The monoisotopic (exact) mass is 238 g/mol. The summed E-state index contributed by atoms with van der Waals surface area (Å²) in [6, 6.07) is 0.520. The molecule has 0 amide bonds. The Kier molecular flexibility index (Phi) is 3.98. The first-order chi connectivity index (χ1) is 7.72. The third kappa shape index (κ3) is 2.46. The maximum atomic E-state index is 4.72. The number of nitrogens with zero attached hydrogens (tertiary/aromatic N) is 1. The van der Waals surface area contributed by atoms with E-state index in [-0.39, 0.29) is 0 Å². The molecule has 0 bridgehead atoms. The van der Waals surface area contributed by atoms with Crippen LogP contribution in [0.3, 0.4) is 0 Å². The fourth-order valence-corrected chi connectivity index (χ4v) is 3.25.